The number of nitrogens with one attached hydrogen (secondary N) is 1. The number of aryl methyl sites for hydroxylation is 1. The van der Waals surface area contributed by atoms with E-state index in [4.69, 9.17) is 9.72 Å². The molecule has 0 saturated carbocycles. The minimum Gasteiger partial charge on any atom is -0.493 e. The lowest BCUT2D eigenvalue weighted by Crippen LogP contribution is -2.09. The number of esters is 1. The number of aromatic hydroxyl groups is 1. The number of aromatic nitrogens is 3. The standard InChI is InChI=1S/C29H27N3O4S/c1-3-4-12-24-30-23-11-7-10-22(28(34)36-2)25(23)32(24)17-18-13-15-19(16-14-18)20-8-5-6-9-21(20)26-27(33)31-29(35)37-26/h5-11,13-16,33H,3-4,12,17H2,1-2H3,(H,31,35). The van der Waals surface area contributed by atoms with Crippen LogP contribution in [-0.4, -0.2) is 32.7 Å². The second-order valence-electron chi connectivity index (χ2n) is 8.82. The van der Waals surface area contributed by atoms with Gasteiger partial charge in [-0.15, -0.1) is 0 Å². The van der Waals surface area contributed by atoms with Gasteiger partial charge in [-0.05, 0) is 35.2 Å². The molecule has 8 heteroatoms. The molecular formula is C29H27N3O4S. The summed E-state index contributed by atoms with van der Waals surface area (Å²) in [6, 6.07) is 21.4. The van der Waals surface area contributed by atoms with E-state index >= 15 is 0 Å². The van der Waals surface area contributed by atoms with Crippen LogP contribution in [0.15, 0.2) is 71.5 Å². The highest BCUT2D eigenvalue weighted by Crippen LogP contribution is 2.37. The average molecular weight is 514 g/mol. The first-order valence-electron chi connectivity index (χ1n) is 12.2. The monoisotopic (exact) mass is 513 g/mol. The number of fused-ring (bicyclic) bond motifs is 1. The summed E-state index contributed by atoms with van der Waals surface area (Å²) in [6.45, 7) is 2.71. The van der Waals surface area contributed by atoms with Crippen molar-refractivity contribution in [3.05, 3.63) is 93.3 Å². The normalized spacial score (nSPS) is 11.2. The van der Waals surface area contributed by atoms with Crippen LogP contribution in [0.2, 0.25) is 0 Å². The molecule has 0 amide bonds. The van der Waals surface area contributed by atoms with E-state index in [0.29, 0.717) is 17.0 Å². The predicted octanol–water partition coefficient (Wildman–Crippen LogP) is 6.00. The zero-order chi connectivity index (χ0) is 25.9. The third kappa shape index (κ3) is 4.80. The van der Waals surface area contributed by atoms with Gasteiger partial charge in [-0.25, -0.2) is 9.78 Å². The van der Waals surface area contributed by atoms with Crippen LogP contribution in [0.25, 0.3) is 32.6 Å². The molecule has 3 aromatic carbocycles. The molecule has 2 N–H and O–H groups in total. The Labute approximate surface area is 218 Å². The molecule has 0 aliphatic rings. The van der Waals surface area contributed by atoms with E-state index in [2.05, 4.69) is 28.6 Å². The lowest BCUT2D eigenvalue weighted by atomic mass is 9.98. The summed E-state index contributed by atoms with van der Waals surface area (Å²) in [5, 5.41) is 10.2. The van der Waals surface area contributed by atoms with E-state index in [1.165, 1.54) is 7.11 Å². The molecule has 0 spiro atoms. The van der Waals surface area contributed by atoms with Gasteiger partial charge in [0.15, 0.2) is 0 Å². The fraction of sp³-hybridized carbons (Fsp3) is 0.207. The van der Waals surface area contributed by atoms with Gasteiger partial charge in [0.05, 0.1) is 23.7 Å². The van der Waals surface area contributed by atoms with Crippen LogP contribution in [0.4, 0.5) is 0 Å². The number of thiazole rings is 1. The van der Waals surface area contributed by atoms with E-state index in [-0.39, 0.29) is 16.7 Å². The largest absolute Gasteiger partial charge is 0.493 e. The number of rotatable bonds is 8. The van der Waals surface area contributed by atoms with Crippen LogP contribution < -0.4 is 4.87 Å². The van der Waals surface area contributed by atoms with Crippen LogP contribution in [0.1, 0.15) is 41.5 Å². The second-order valence-corrected chi connectivity index (χ2v) is 9.80. The van der Waals surface area contributed by atoms with Crippen LogP contribution in [0.5, 0.6) is 5.88 Å². The molecule has 37 heavy (non-hydrogen) atoms. The van der Waals surface area contributed by atoms with Crippen molar-refractivity contribution in [2.24, 2.45) is 0 Å². The molecule has 0 fully saturated rings. The van der Waals surface area contributed by atoms with E-state index < -0.39 is 0 Å². The van der Waals surface area contributed by atoms with Crippen molar-refractivity contribution in [3.63, 3.8) is 0 Å². The Kier molecular flexibility index (Phi) is 6.92. The SMILES string of the molecule is CCCCc1nc2cccc(C(=O)OC)c2n1Cc1ccc(-c2ccccc2-c2sc(=O)[nH]c2O)cc1. The van der Waals surface area contributed by atoms with Crippen LogP contribution in [0.3, 0.4) is 0 Å². The zero-order valence-electron chi connectivity index (χ0n) is 20.7. The third-order valence-corrected chi connectivity index (χ3v) is 7.32. The molecule has 0 saturated heterocycles. The van der Waals surface area contributed by atoms with Gasteiger partial charge in [-0.3, -0.25) is 9.78 Å². The molecule has 2 aromatic heterocycles. The van der Waals surface area contributed by atoms with E-state index in [1.807, 2.05) is 48.5 Å². The Morgan fingerprint density at radius 3 is 2.49 bits per heavy atom. The predicted molar refractivity (Wildman–Crippen MR) is 146 cm³/mol. The number of methoxy groups -OCH3 is 1. The summed E-state index contributed by atoms with van der Waals surface area (Å²) in [4.78, 5) is 31.8. The summed E-state index contributed by atoms with van der Waals surface area (Å²) in [5.41, 5.74) is 5.82. The van der Waals surface area contributed by atoms with Crippen molar-refractivity contribution in [1.82, 2.24) is 14.5 Å². The Morgan fingerprint density at radius 2 is 1.81 bits per heavy atom. The van der Waals surface area contributed by atoms with Crippen LogP contribution in [-0.2, 0) is 17.7 Å². The number of para-hydroxylation sites is 1. The lowest BCUT2D eigenvalue weighted by Gasteiger charge is -2.13. The zero-order valence-corrected chi connectivity index (χ0v) is 21.5. The maximum absolute atomic E-state index is 12.5. The van der Waals surface area contributed by atoms with Gasteiger partial charge in [0.1, 0.15) is 10.7 Å². The number of benzene rings is 3. The fourth-order valence-corrected chi connectivity index (χ4v) is 5.38. The minimum atomic E-state index is -0.379. The third-order valence-electron chi connectivity index (χ3n) is 6.41. The first-order chi connectivity index (χ1) is 18.0. The van der Waals surface area contributed by atoms with Gasteiger partial charge in [0, 0.05) is 18.5 Å². The van der Waals surface area contributed by atoms with Gasteiger partial charge in [-0.2, -0.15) is 0 Å². The first kappa shape index (κ1) is 24.5. The van der Waals surface area contributed by atoms with Crippen LogP contribution >= 0.6 is 11.3 Å². The number of H-pyrrole nitrogens is 1. The van der Waals surface area contributed by atoms with Gasteiger partial charge in [-0.1, -0.05) is 79.3 Å². The number of aromatic amines is 1. The van der Waals surface area contributed by atoms with E-state index in [1.54, 1.807) is 6.07 Å². The van der Waals surface area contributed by atoms with E-state index in [9.17, 15) is 14.7 Å². The maximum Gasteiger partial charge on any atom is 0.340 e. The van der Waals surface area contributed by atoms with Crippen molar-refractivity contribution in [2.45, 2.75) is 32.7 Å². The molecular weight excluding hydrogens is 486 g/mol. The smallest absolute Gasteiger partial charge is 0.340 e. The van der Waals surface area contributed by atoms with Crippen molar-refractivity contribution in [1.29, 1.82) is 0 Å². The van der Waals surface area contributed by atoms with Gasteiger partial charge in [0.25, 0.3) is 0 Å². The molecule has 0 atom stereocenters. The number of ether oxygens (including phenoxy) is 1. The molecule has 5 rings (SSSR count). The van der Waals surface area contributed by atoms with Crippen molar-refractivity contribution in [3.8, 4) is 27.4 Å². The van der Waals surface area contributed by atoms with Gasteiger partial charge >= 0.3 is 10.8 Å². The highest BCUT2D eigenvalue weighted by atomic mass is 32.1. The van der Waals surface area contributed by atoms with Crippen molar-refractivity contribution < 1.29 is 14.6 Å². The number of hydrogen-bond donors (Lipinski definition) is 2. The lowest BCUT2D eigenvalue weighted by molar-refractivity contribution is 0.0602. The van der Waals surface area contributed by atoms with Crippen molar-refractivity contribution in [2.75, 3.05) is 7.11 Å². The molecule has 2 heterocycles. The first-order valence-corrected chi connectivity index (χ1v) is 13.0. The average Bonchev–Trinajstić information content (AvgIpc) is 3.45. The maximum atomic E-state index is 12.5. The molecule has 0 bridgehead atoms. The number of nitrogens with zero attached hydrogens (tertiary/aromatic N) is 2. The molecule has 0 aliphatic carbocycles. The highest BCUT2D eigenvalue weighted by molar-refractivity contribution is 7.13. The Morgan fingerprint density at radius 1 is 1.05 bits per heavy atom. The molecule has 188 valence electrons. The molecule has 0 aliphatic heterocycles. The quantitative estimate of drug-likeness (QED) is 0.248. The Bertz CT molecular complexity index is 1630. The molecule has 5 aromatic rings. The highest BCUT2D eigenvalue weighted by Gasteiger charge is 2.19. The minimum absolute atomic E-state index is 0.118. The second kappa shape index (κ2) is 10.4. The Hall–Kier alpha value is -4.17. The number of carbonyl (C=O) groups excluding carboxylic acids is 1. The number of imidazole rings is 1. The topological polar surface area (TPSA) is 97.2 Å². The molecule has 0 unspecified atom stereocenters. The number of unbranched alkanes of at least 4 members (excludes halogenated alkanes) is 1. The molecule has 7 nitrogen and oxygen atoms in total. The summed E-state index contributed by atoms with van der Waals surface area (Å²) in [5.74, 6) is 0.448. The van der Waals surface area contributed by atoms with Gasteiger partial charge < -0.3 is 14.4 Å². The van der Waals surface area contributed by atoms with Crippen molar-refractivity contribution >= 4 is 28.3 Å². The summed E-state index contributed by atoms with van der Waals surface area (Å²) in [6.07, 6.45) is 2.87. The van der Waals surface area contributed by atoms with Gasteiger partial charge in [0.2, 0.25) is 5.88 Å². The Balaban J connectivity index is 1.53. The summed E-state index contributed by atoms with van der Waals surface area (Å²) < 4.78 is 7.16. The van der Waals surface area contributed by atoms with Crippen LogP contribution in [0, 0.1) is 0 Å². The number of carbonyl (C=O) groups is 1. The fourth-order valence-electron chi connectivity index (χ4n) is 4.61. The summed E-state index contributed by atoms with van der Waals surface area (Å²) >= 11 is 0.988. The number of hydrogen-bond acceptors (Lipinski definition) is 6. The van der Waals surface area contributed by atoms with E-state index in [0.717, 1.165) is 69.7 Å². The summed E-state index contributed by atoms with van der Waals surface area (Å²) in [7, 11) is 1.39. The molecule has 0 radical (unpaired) electrons.